The van der Waals surface area contributed by atoms with E-state index in [1.807, 2.05) is 6.92 Å². The number of carbonyl (C=O) groups is 2. The molecule has 0 amide bonds. The lowest BCUT2D eigenvalue weighted by atomic mass is 9.97. The standard InChI is InChI=1S/C13H18O3/c1-4-12(14)9(2)6-5-7-11-8-10(3)13(15)16-11/h4,9,11H,1,3,5-8H2,2H3. The van der Waals surface area contributed by atoms with Crippen LogP contribution in [0.15, 0.2) is 24.8 Å². The molecular weight excluding hydrogens is 204 g/mol. The van der Waals surface area contributed by atoms with Crippen LogP contribution in [0.25, 0.3) is 0 Å². The van der Waals surface area contributed by atoms with Gasteiger partial charge in [-0.15, -0.1) is 0 Å². The minimum absolute atomic E-state index is 0.0119. The average Bonchev–Trinajstić information content (AvgIpc) is 2.57. The Labute approximate surface area is 96.2 Å². The molecule has 1 aliphatic heterocycles. The monoisotopic (exact) mass is 222 g/mol. The van der Waals surface area contributed by atoms with Crippen LogP contribution in [0.4, 0.5) is 0 Å². The van der Waals surface area contributed by atoms with Crippen molar-refractivity contribution in [2.75, 3.05) is 0 Å². The molecule has 16 heavy (non-hydrogen) atoms. The third kappa shape index (κ3) is 3.33. The Morgan fingerprint density at radius 1 is 1.69 bits per heavy atom. The molecule has 1 rings (SSSR count). The van der Waals surface area contributed by atoms with E-state index in [0.717, 1.165) is 19.3 Å². The van der Waals surface area contributed by atoms with E-state index in [-0.39, 0.29) is 23.8 Å². The van der Waals surface area contributed by atoms with Crippen molar-refractivity contribution in [2.24, 2.45) is 5.92 Å². The van der Waals surface area contributed by atoms with Gasteiger partial charge in [-0.05, 0) is 25.3 Å². The Bertz CT molecular complexity index is 301. The second-order valence-corrected chi connectivity index (χ2v) is 4.27. The Balaban J connectivity index is 2.21. The molecule has 0 bridgehead atoms. The third-order valence-electron chi connectivity index (χ3n) is 2.89. The quantitative estimate of drug-likeness (QED) is 0.512. The first-order chi connectivity index (χ1) is 7.54. The van der Waals surface area contributed by atoms with Gasteiger partial charge in [0, 0.05) is 17.9 Å². The lowest BCUT2D eigenvalue weighted by Gasteiger charge is -2.10. The molecule has 3 heteroatoms. The van der Waals surface area contributed by atoms with E-state index in [4.69, 9.17) is 4.74 Å². The second-order valence-electron chi connectivity index (χ2n) is 4.27. The van der Waals surface area contributed by atoms with Gasteiger partial charge in [-0.3, -0.25) is 4.79 Å². The van der Waals surface area contributed by atoms with Gasteiger partial charge in [0.25, 0.3) is 0 Å². The topological polar surface area (TPSA) is 43.4 Å². The minimum atomic E-state index is -0.278. The number of hydrogen-bond acceptors (Lipinski definition) is 3. The summed E-state index contributed by atoms with van der Waals surface area (Å²) in [5.74, 6) is -0.189. The first kappa shape index (κ1) is 12.7. The van der Waals surface area contributed by atoms with Crippen LogP contribution in [-0.2, 0) is 14.3 Å². The molecule has 88 valence electrons. The normalized spacial score (nSPS) is 21.7. The molecule has 1 saturated heterocycles. The molecule has 0 N–H and O–H groups in total. The van der Waals surface area contributed by atoms with Gasteiger partial charge in [0.1, 0.15) is 6.10 Å². The van der Waals surface area contributed by atoms with Crippen LogP contribution < -0.4 is 0 Å². The van der Waals surface area contributed by atoms with Crippen LogP contribution in [0.2, 0.25) is 0 Å². The van der Waals surface area contributed by atoms with Crippen LogP contribution in [0.5, 0.6) is 0 Å². The maximum Gasteiger partial charge on any atom is 0.333 e. The molecule has 2 atom stereocenters. The molecule has 1 heterocycles. The minimum Gasteiger partial charge on any atom is -0.459 e. The van der Waals surface area contributed by atoms with Crippen molar-refractivity contribution in [1.82, 2.24) is 0 Å². The predicted molar refractivity (Wildman–Crippen MR) is 61.9 cm³/mol. The van der Waals surface area contributed by atoms with Crippen molar-refractivity contribution in [2.45, 2.75) is 38.7 Å². The molecule has 1 fully saturated rings. The summed E-state index contributed by atoms with van der Waals surface area (Å²) >= 11 is 0. The average molecular weight is 222 g/mol. The van der Waals surface area contributed by atoms with Crippen molar-refractivity contribution < 1.29 is 14.3 Å². The number of hydrogen-bond donors (Lipinski definition) is 0. The lowest BCUT2D eigenvalue weighted by molar-refractivity contribution is -0.139. The van der Waals surface area contributed by atoms with E-state index in [1.54, 1.807) is 0 Å². The smallest absolute Gasteiger partial charge is 0.333 e. The number of cyclic esters (lactones) is 1. The van der Waals surface area contributed by atoms with Crippen LogP contribution in [-0.4, -0.2) is 17.9 Å². The Morgan fingerprint density at radius 2 is 2.38 bits per heavy atom. The van der Waals surface area contributed by atoms with Crippen molar-refractivity contribution in [1.29, 1.82) is 0 Å². The highest BCUT2D eigenvalue weighted by atomic mass is 16.5. The van der Waals surface area contributed by atoms with Crippen molar-refractivity contribution in [3.05, 3.63) is 24.8 Å². The molecule has 1 aliphatic rings. The zero-order valence-electron chi connectivity index (χ0n) is 9.70. The molecule has 0 aliphatic carbocycles. The van der Waals surface area contributed by atoms with Crippen molar-refractivity contribution >= 4 is 11.8 Å². The Kier molecular flexibility index (Phi) is 4.47. The van der Waals surface area contributed by atoms with E-state index in [1.165, 1.54) is 6.08 Å². The number of rotatable bonds is 6. The number of esters is 1. The number of allylic oxidation sites excluding steroid dienone is 1. The lowest BCUT2D eigenvalue weighted by Crippen LogP contribution is -2.10. The van der Waals surface area contributed by atoms with Gasteiger partial charge in [-0.2, -0.15) is 0 Å². The van der Waals surface area contributed by atoms with Crippen molar-refractivity contribution in [3.63, 3.8) is 0 Å². The van der Waals surface area contributed by atoms with E-state index in [2.05, 4.69) is 13.2 Å². The summed E-state index contributed by atoms with van der Waals surface area (Å²) in [7, 11) is 0. The number of ketones is 1. The van der Waals surface area contributed by atoms with Gasteiger partial charge in [0.2, 0.25) is 0 Å². The number of ether oxygens (including phenoxy) is 1. The van der Waals surface area contributed by atoms with Gasteiger partial charge in [-0.1, -0.05) is 20.1 Å². The van der Waals surface area contributed by atoms with Gasteiger partial charge < -0.3 is 4.74 Å². The summed E-state index contributed by atoms with van der Waals surface area (Å²) in [6.07, 6.45) is 4.45. The largest absolute Gasteiger partial charge is 0.459 e. The zero-order chi connectivity index (χ0) is 12.1. The fourth-order valence-electron chi connectivity index (χ4n) is 1.79. The Hall–Kier alpha value is -1.38. The molecule has 0 aromatic carbocycles. The molecule has 0 spiro atoms. The maximum atomic E-state index is 11.2. The summed E-state index contributed by atoms with van der Waals surface area (Å²) in [5.41, 5.74) is 0.556. The summed E-state index contributed by atoms with van der Waals surface area (Å²) in [6, 6.07) is 0. The zero-order valence-corrected chi connectivity index (χ0v) is 9.70. The fraction of sp³-hybridized carbons (Fsp3) is 0.538. The Morgan fingerprint density at radius 3 is 2.88 bits per heavy atom. The summed E-state index contributed by atoms with van der Waals surface area (Å²) in [4.78, 5) is 22.3. The van der Waals surface area contributed by atoms with Crippen LogP contribution in [0, 0.1) is 5.92 Å². The number of carbonyl (C=O) groups excluding carboxylic acids is 2. The molecule has 0 radical (unpaired) electrons. The van der Waals surface area contributed by atoms with E-state index >= 15 is 0 Å². The van der Waals surface area contributed by atoms with Crippen LogP contribution in [0.3, 0.4) is 0 Å². The highest BCUT2D eigenvalue weighted by molar-refractivity contribution is 5.91. The van der Waals surface area contributed by atoms with Gasteiger partial charge in [0.05, 0.1) is 0 Å². The van der Waals surface area contributed by atoms with E-state index in [0.29, 0.717) is 12.0 Å². The molecule has 0 aromatic heterocycles. The van der Waals surface area contributed by atoms with Gasteiger partial charge in [0.15, 0.2) is 5.78 Å². The van der Waals surface area contributed by atoms with Crippen molar-refractivity contribution in [3.8, 4) is 0 Å². The van der Waals surface area contributed by atoms with Crippen LogP contribution >= 0.6 is 0 Å². The molecule has 0 saturated carbocycles. The summed E-state index contributed by atoms with van der Waals surface area (Å²) < 4.78 is 5.10. The van der Waals surface area contributed by atoms with Gasteiger partial charge in [-0.25, -0.2) is 4.79 Å². The maximum absolute atomic E-state index is 11.2. The summed E-state index contributed by atoms with van der Waals surface area (Å²) in [5, 5.41) is 0. The second kappa shape index (κ2) is 5.64. The first-order valence-corrected chi connectivity index (χ1v) is 5.59. The highest BCUT2D eigenvalue weighted by Crippen LogP contribution is 2.23. The van der Waals surface area contributed by atoms with Gasteiger partial charge >= 0.3 is 5.97 Å². The fourth-order valence-corrected chi connectivity index (χ4v) is 1.79. The third-order valence-corrected chi connectivity index (χ3v) is 2.89. The van der Waals surface area contributed by atoms with E-state index in [9.17, 15) is 9.59 Å². The van der Waals surface area contributed by atoms with E-state index < -0.39 is 0 Å². The molecular formula is C13H18O3. The van der Waals surface area contributed by atoms with Crippen LogP contribution in [0.1, 0.15) is 32.6 Å². The highest BCUT2D eigenvalue weighted by Gasteiger charge is 2.26. The predicted octanol–water partition coefficient (Wildman–Crippen LogP) is 2.42. The molecule has 0 aromatic rings. The SMILES string of the molecule is C=CC(=O)C(C)CCCC1CC(=C)C(=O)O1. The first-order valence-electron chi connectivity index (χ1n) is 5.59. The summed E-state index contributed by atoms with van der Waals surface area (Å²) in [6.45, 7) is 8.98. The molecule has 2 unspecified atom stereocenters. The molecule has 3 nitrogen and oxygen atoms in total.